The van der Waals surface area contributed by atoms with Gasteiger partial charge in [0.05, 0.1) is 6.10 Å². The normalized spacial score (nSPS) is 56.5. The predicted molar refractivity (Wildman–Crippen MR) is 82.7 cm³/mol. The Labute approximate surface area is 128 Å². The number of hydrogen-bond donors (Lipinski definition) is 1. The number of carbonyl (C=O) groups is 1. The summed E-state index contributed by atoms with van der Waals surface area (Å²) < 4.78 is 0. The zero-order chi connectivity index (χ0) is 14.8. The zero-order valence-corrected chi connectivity index (χ0v) is 13.6. The molecule has 4 saturated carbocycles. The van der Waals surface area contributed by atoms with E-state index in [0.29, 0.717) is 17.1 Å². The van der Waals surface area contributed by atoms with E-state index in [9.17, 15) is 9.90 Å². The zero-order valence-electron chi connectivity index (χ0n) is 13.6. The number of rotatable bonds is 0. The number of carbonyl (C=O) groups excluding carboxylic acids is 1. The van der Waals surface area contributed by atoms with E-state index in [4.69, 9.17) is 0 Å². The lowest BCUT2D eigenvalue weighted by molar-refractivity contribution is -0.141. The molecule has 0 heterocycles. The van der Waals surface area contributed by atoms with Crippen molar-refractivity contribution in [3.63, 3.8) is 0 Å². The van der Waals surface area contributed by atoms with Crippen LogP contribution in [0.3, 0.4) is 0 Å². The molecule has 4 aliphatic carbocycles. The van der Waals surface area contributed by atoms with Gasteiger partial charge in [-0.25, -0.2) is 0 Å². The van der Waals surface area contributed by atoms with Gasteiger partial charge in [0.25, 0.3) is 0 Å². The van der Waals surface area contributed by atoms with Crippen LogP contribution in [-0.4, -0.2) is 17.0 Å². The minimum atomic E-state index is -0.0677. The molecule has 0 saturated heterocycles. The minimum Gasteiger partial charge on any atom is -0.393 e. The van der Waals surface area contributed by atoms with Gasteiger partial charge < -0.3 is 5.11 Å². The van der Waals surface area contributed by atoms with Crippen molar-refractivity contribution in [1.29, 1.82) is 0 Å². The van der Waals surface area contributed by atoms with E-state index in [1.807, 2.05) is 0 Å². The molecule has 21 heavy (non-hydrogen) atoms. The van der Waals surface area contributed by atoms with Gasteiger partial charge in [0.2, 0.25) is 0 Å². The summed E-state index contributed by atoms with van der Waals surface area (Å²) in [6, 6.07) is 0. The molecule has 0 aromatic heterocycles. The third-order valence-electron chi connectivity index (χ3n) is 8.43. The van der Waals surface area contributed by atoms with Gasteiger partial charge in [-0.05, 0) is 79.4 Å². The Morgan fingerprint density at radius 2 is 1.71 bits per heavy atom. The number of fused-ring (bicyclic) bond motifs is 5. The van der Waals surface area contributed by atoms with Gasteiger partial charge in [-0.3, -0.25) is 4.79 Å². The Morgan fingerprint density at radius 1 is 0.952 bits per heavy atom. The van der Waals surface area contributed by atoms with Crippen molar-refractivity contribution in [3.8, 4) is 0 Å². The summed E-state index contributed by atoms with van der Waals surface area (Å²) in [4.78, 5) is 11.9. The first-order valence-corrected chi connectivity index (χ1v) is 9.15. The molecule has 7 atom stereocenters. The molecule has 2 nitrogen and oxygen atoms in total. The topological polar surface area (TPSA) is 37.3 Å². The molecule has 118 valence electrons. The summed E-state index contributed by atoms with van der Waals surface area (Å²) in [7, 11) is 0. The highest BCUT2D eigenvalue weighted by Crippen LogP contribution is 2.65. The van der Waals surface area contributed by atoms with Gasteiger partial charge in [-0.1, -0.05) is 13.8 Å². The number of aliphatic hydroxyl groups is 1. The number of ketones is 1. The van der Waals surface area contributed by atoms with Gasteiger partial charge >= 0.3 is 0 Å². The molecule has 0 amide bonds. The maximum atomic E-state index is 11.9. The molecule has 0 aromatic rings. The quantitative estimate of drug-likeness (QED) is 0.733. The highest BCUT2D eigenvalue weighted by Gasteiger charge is 2.59. The minimum absolute atomic E-state index is 0.0677. The molecule has 4 rings (SSSR count). The molecule has 4 aliphatic rings. The Balaban J connectivity index is 1.64. The molecule has 1 unspecified atom stereocenters. The Morgan fingerprint density at radius 3 is 2.52 bits per heavy atom. The van der Waals surface area contributed by atoms with E-state index in [-0.39, 0.29) is 11.5 Å². The maximum absolute atomic E-state index is 11.9. The van der Waals surface area contributed by atoms with Crippen LogP contribution in [0.1, 0.15) is 71.6 Å². The van der Waals surface area contributed by atoms with E-state index >= 15 is 0 Å². The molecule has 4 fully saturated rings. The van der Waals surface area contributed by atoms with Crippen LogP contribution in [0.25, 0.3) is 0 Å². The van der Waals surface area contributed by atoms with Crippen LogP contribution >= 0.6 is 0 Å². The molecular formula is C19H30O2. The van der Waals surface area contributed by atoms with E-state index in [1.54, 1.807) is 0 Å². The average molecular weight is 290 g/mol. The Kier molecular flexibility index (Phi) is 3.10. The van der Waals surface area contributed by atoms with Gasteiger partial charge in [-0.15, -0.1) is 0 Å². The molecule has 0 bridgehead atoms. The molecule has 0 aromatic carbocycles. The molecule has 0 spiro atoms. The van der Waals surface area contributed by atoms with E-state index in [0.717, 1.165) is 43.4 Å². The number of Topliss-reactive ketones (excluding diaryl/α,β-unsaturated/α-hetero) is 1. The van der Waals surface area contributed by atoms with Crippen LogP contribution in [0.15, 0.2) is 0 Å². The third-order valence-corrected chi connectivity index (χ3v) is 8.43. The lowest BCUT2D eigenvalue weighted by atomic mass is 9.45. The van der Waals surface area contributed by atoms with Crippen molar-refractivity contribution in [2.75, 3.05) is 0 Å². The highest BCUT2D eigenvalue weighted by molar-refractivity contribution is 5.79. The maximum Gasteiger partial charge on any atom is 0.133 e. The van der Waals surface area contributed by atoms with Gasteiger partial charge in [0, 0.05) is 12.8 Å². The van der Waals surface area contributed by atoms with Gasteiger partial charge in [0.1, 0.15) is 5.78 Å². The average Bonchev–Trinajstić information content (AvgIpc) is 2.76. The monoisotopic (exact) mass is 290 g/mol. The van der Waals surface area contributed by atoms with Crippen molar-refractivity contribution in [1.82, 2.24) is 0 Å². The molecular weight excluding hydrogens is 260 g/mol. The summed E-state index contributed by atoms with van der Waals surface area (Å²) in [5.41, 5.74) is 0.598. The first-order valence-electron chi connectivity index (χ1n) is 9.15. The highest BCUT2D eigenvalue weighted by atomic mass is 16.3. The SMILES string of the molecule is C[C@]12CCC(=O)C[C@@H]1CC[C@@H]1[C@@H]2CC[C@@]2(C)C(O)CC[C@@H]12. The summed E-state index contributed by atoms with van der Waals surface area (Å²) in [5.74, 6) is 3.52. The second kappa shape index (κ2) is 4.57. The van der Waals surface area contributed by atoms with E-state index < -0.39 is 0 Å². The van der Waals surface area contributed by atoms with Crippen molar-refractivity contribution < 1.29 is 9.90 Å². The predicted octanol–water partition coefficient (Wildman–Crippen LogP) is 3.96. The van der Waals surface area contributed by atoms with E-state index in [2.05, 4.69) is 13.8 Å². The standard InChI is InChI=1S/C19H30O2/c1-18-9-7-13(20)11-12(18)3-4-14-15-5-6-17(21)19(15,2)10-8-16(14)18/h12,14-17,21H,3-11H2,1-2H3/t12-,14-,15-,16-,17?,18-,19+/m0/s1. The van der Waals surface area contributed by atoms with Gasteiger partial charge in [-0.2, -0.15) is 0 Å². The van der Waals surface area contributed by atoms with Crippen LogP contribution in [0.4, 0.5) is 0 Å². The summed E-state index contributed by atoms with van der Waals surface area (Å²) in [5, 5.41) is 10.5. The first-order chi connectivity index (χ1) is 9.95. The molecule has 0 radical (unpaired) electrons. The third kappa shape index (κ3) is 1.84. The number of hydrogen-bond acceptors (Lipinski definition) is 2. The lowest BCUT2D eigenvalue weighted by Crippen LogP contribution is -2.54. The van der Waals surface area contributed by atoms with Crippen LogP contribution in [0, 0.1) is 34.5 Å². The number of aliphatic hydroxyl groups excluding tert-OH is 1. The van der Waals surface area contributed by atoms with Crippen LogP contribution < -0.4 is 0 Å². The first kappa shape index (κ1) is 14.2. The van der Waals surface area contributed by atoms with Gasteiger partial charge in [0.15, 0.2) is 0 Å². The van der Waals surface area contributed by atoms with Crippen molar-refractivity contribution in [2.45, 2.75) is 77.7 Å². The van der Waals surface area contributed by atoms with E-state index in [1.165, 1.54) is 32.1 Å². The molecule has 1 N–H and O–H groups in total. The summed E-state index contributed by atoms with van der Waals surface area (Å²) >= 11 is 0. The second-order valence-electron chi connectivity index (χ2n) is 9.04. The second-order valence-corrected chi connectivity index (χ2v) is 9.04. The lowest BCUT2D eigenvalue weighted by Gasteiger charge is -2.60. The fraction of sp³-hybridized carbons (Fsp3) is 0.947. The Hall–Kier alpha value is -0.370. The van der Waals surface area contributed by atoms with Crippen molar-refractivity contribution in [2.24, 2.45) is 34.5 Å². The fourth-order valence-corrected chi connectivity index (χ4v) is 7.02. The molecule has 2 heteroatoms. The van der Waals surface area contributed by atoms with Crippen LogP contribution in [0.2, 0.25) is 0 Å². The van der Waals surface area contributed by atoms with Crippen molar-refractivity contribution >= 4 is 5.78 Å². The van der Waals surface area contributed by atoms with Crippen LogP contribution in [0.5, 0.6) is 0 Å². The van der Waals surface area contributed by atoms with Crippen LogP contribution in [-0.2, 0) is 4.79 Å². The Bertz CT molecular complexity index is 458. The van der Waals surface area contributed by atoms with Crippen molar-refractivity contribution in [3.05, 3.63) is 0 Å². The summed E-state index contributed by atoms with van der Waals surface area (Å²) in [6.07, 6.45) is 10.0. The largest absolute Gasteiger partial charge is 0.393 e. The summed E-state index contributed by atoms with van der Waals surface area (Å²) in [6.45, 7) is 4.85. The smallest absolute Gasteiger partial charge is 0.133 e. The fourth-order valence-electron chi connectivity index (χ4n) is 7.02. The molecule has 0 aliphatic heterocycles.